The standard InChI is InChI=1S/C21H17FN2O3S/c1-28(26,27)24-17-8-7-15(22)11-16(17)19-18(24)9-10-21(13-23,20(19)25)12-14-5-3-2-4-6-14/h2-8,11H,9-10,12H2,1H3/t21-/m1/s1. The molecule has 142 valence electrons. The molecule has 1 aromatic heterocycles. The molecular weight excluding hydrogens is 379 g/mol. The highest BCUT2D eigenvalue weighted by molar-refractivity contribution is 7.89. The van der Waals surface area contributed by atoms with Gasteiger partial charge in [0.25, 0.3) is 0 Å². The van der Waals surface area contributed by atoms with E-state index in [0.717, 1.165) is 15.8 Å². The van der Waals surface area contributed by atoms with Crippen molar-refractivity contribution in [3.63, 3.8) is 0 Å². The molecule has 0 amide bonds. The van der Waals surface area contributed by atoms with E-state index in [1.54, 1.807) is 0 Å². The lowest BCUT2D eigenvalue weighted by Crippen LogP contribution is -2.37. The first-order chi connectivity index (χ1) is 13.3. The van der Waals surface area contributed by atoms with E-state index < -0.39 is 27.0 Å². The van der Waals surface area contributed by atoms with Crippen LogP contribution in [0.3, 0.4) is 0 Å². The molecule has 0 bridgehead atoms. The van der Waals surface area contributed by atoms with E-state index >= 15 is 0 Å². The number of ketones is 1. The minimum atomic E-state index is -3.71. The first kappa shape index (κ1) is 18.4. The average molecular weight is 396 g/mol. The van der Waals surface area contributed by atoms with E-state index in [-0.39, 0.29) is 35.7 Å². The zero-order valence-electron chi connectivity index (χ0n) is 15.1. The van der Waals surface area contributed by atoms with E-state index in [0.29, 0.717) is 5.69 Å². The molecule has 1 heterocycles. The Kier molecular flexibility index (Phi) is 4.12. The van der Waals surface area contributed by atoms with Crippen molar-refractivity contribution in [1.29, 1.82) is 5.26 Å². The van der Waals surface area contributed by atoms with E-state index in [2.05, 4.69) is 6.07 Å². The van der Waals surface area contributed by atoms with Crippen molar-refractivity contribution in [2.24, 2.45) is 5.41 Å². The SMILES string of the molecule is CS(=O)(=O)n1c2c(c3cc(F)ccc31)C(=O)[C@@](C#N)(Cc1ccccc1)CC2. The second-order valence-corrected chi connectivity index (χ2v) is 9.03. The van der Waals surface area contributed by atoms with Crippen LogP contribution >= 0.6 is 0 Å². The highest BCUT2D eigenvalue weighted by Crippen LogP contribution is 2.42. The highest BCUT2D eigenvalue weighted by Gasteiger charge is 2.46. The van der Waals surface area contributed by atoms with Crippen LogP contribution in [-0.2, 0) is 22.9 Å². The molecule has 0 N–H and O–H groups in total. The molecule has 1 aliphatic carbocycles. The molecule has 0 aliphatic heterocycles. The van der Waals surface area contributed by atoms with Gasteiger partial charge in [0.1, 0.15) is 11.2 Å². The Bertz CT molecular complexity index is 1260. The molecule has 0 saturated heterocycles. The lowest BCUT2D eigenvalue weighted by atomic mass is 9.69. The number of rotatable bonds is 3. The van der Waals surface area contributed by atoms with Gasteiger partial charge in [0.15, 0.2) is 5.78 Å². The third-order valence-corrected chi connectivity index (χ3v) is 6.41. The fourth-order valence-electron chi connectivity index (χ4n) is 4.09. The number of hydrogen-bond acceptors (Lipinski definition) is 4. The number of aromatic nitrogens is 1. The predicted octanol–water partition coefficient (Wildman–Crippen LogP) is 3.47. The molecule has 28 heavy (non-hydrogen) atoms. The summed E-state index contributed by atoms with van der Waals surface area (Å²) in [4.78, 5) is 13.5. The maximum absolute atomic E-state index is 13.9. The van der Waals surface area contributed by atoms with Crippen LogP contribution in [0.2, 0.25) is 0 Å². The van der Waals surface area contributed by atoms with Gasteiger partial charge < -0.3 is 0 Å². The summed E-state index contributed by atoms with van der Waals surface area (Å²) in [6.07, 6.45) is 1.73. The van der Waals surface area contributed by atoms with Crippen molar-refractivity contribution in [2.45, 2.75) is 19.3 Å². The van der Waals surface area contributed by atoms with Crippen LogP contribution in [0.15, 0.2) is 48.5 Å². The van der Waals surface area contributed by atoms with Crippen LogP contribution in [-0.4, -0.2) is 24.4 Å². The zero-order valence-corrected chi connectivity index (χ0v) is 16.0. The third kappa shape index (κ3) is 2.72. The summed E-state index contributed by atoms with van der Waals surface area (Å²) in [5, 5.41) is 10.2. The van der Waals surface area contributed by atoms with Gasteiger partial charge >= 0.3 is 0 Å². The van der Waals surface area contributed by atoms with E-state index in [9.17, 15) is 22.9 Å². The minimum absolute atomic E-state index is 0.142. The summed E-state index contributed by atoms with van der Waals surface area (Å²) in [5.74, 6) is -1.01. The molecule has 5 nitrogen and oxygen atoms in total. The number of nitriles is 1. The molecule has 3 aromatic rings. The maximum Gasteiger partial charge on any atom is 0.236 e. The summed E-state index contributed by atoms with van der Waals surface area (Å²) in [5.41, 5.74) is 0.266. The Morgan fingerprint density at radius 3 is 2.57 bits per heavy atom. The summed E-state index contributed by atoms with van der Waals surface area (Å²) in [6.45, 7) is 0. The van der Waals surface area contributed by atoms with Crippen LogP contribution in [0.5, 0.6) is 0 Å². The minimum Gasteiger partial charge on any atom is -0.292 e. The highest BCUT2D eigenvalue weighted by atomic mass is 32.2. The van der Waals surface area contributed by atoms with Crippen LogP contribution in [0.25, 0.3) is 10.9 Å². The quantitative estimate of drug-likeness (QED) is 0.679. The van der Waals surface area contributed by atoms with E-state index in [1.165, 1.54) is 18.2 Å². The van der Waals surface area contributed by atoms with Gasteiger partial charge in [0.2, 0.25) is 10.0 Å². The number of hydrogen-bond donors (Lipinski definition) is 0. The third-order valence-electron chi connectivity index (χ3n) is 5.33. The van der Waals surface area contributed by atoms with Crippen molar-refractivity contribution in [3.8, 4) is 6.07 Å². The Morgan fingerprint density at radius 1 is 1.21 bits per heavy atom. The van der Waals surface area contributed by atoms with Crippen molar-refractivity contribution in [1.82, 2.24) is 3.97 Å². The summed E-state index contributed by atoms with van der Waals surface area (Å²) >= 11 is 0. The topological polar surface area (TPSA) is 79.9 Å². The molecule has 0 unspecified atom stereocenters. The number of halogens is 1. The summed E-state index contributed by atoms with van der Waals surface area (Å²) in [6, 6.07) is 15.1. The molecule has 1 atom stereocenters. The Morgan fingerprint density at radius 2 is 1.93 bits per heavy atom. The average Bonchev–Trinajstić information content (AvgIpc) is 2.99. The zero-order chi connectivity index (χ0) is 20.1. The molecule has 4 rings (SSSR count). The van der Waals surface area contributed by atoms with Crippen LogP contribution in [0, 0.1) is 22.6 Å². The lowest BCUT2D eigenvalue weighted by molar-refractivity contribution is 0.0835. The lowest BCUT2D eigenvalue weighted by Gasteiger charge is -2.30. The van der Waals surface area contributed by atoms with Gasteiger partial charge in [-0.25, -0.2) is 16.8 Å². The summed E-state index contributed by atoms with van der Waals surface area (Å²) in [7, 11) is -3.71. The van der Waals surface area contributed by atoms with Gasteiger partial charge in [-0.05, 0) is 43.0 Å². The smallest absolute Gasteiger partial charge is 0.236 e. The maximum atomic E-state index is 13.9. The number of carbonyl (C=O) groups is 1. The van der Waals surface area contributed by atoms with Gasteiger partial charge in [0, 0.05) is 16.6 Å². The number of carbonyl (C=O) groups excluding carboxylic acids is 1. The molecular formula is C21H17FN2O3S. The van der Waals surface area contributed by atoms with Gasteiger partial charge in [-0.2, -0.15) is 5.26 Å². The normalized spacial score (nSPS) is 19.4. The first-order valence-corrected chi connectivity index (χ1v) is 10.6. The van der Waals surface area contributed by atoms with Crippen molar-refractivity contribution in [2.75, 3.05) is 6.26 Å². The number of Topliss-reactive ketones (excluding diaryl/α,β-unsaturated/α-hetero) is 1. The second-order valence-electron chi connectivity index (χ2n) is 7.20. The molecule has 0 fully saturated rings. The van der Waals surface area contributed by atoms with Gasteiger partial charge in [-0.3, -0.25) is 4.79 Å². The first-order valence-electron chi connectivity index (χ1n) is 8.80. The Hall–Kier alpha value is -2.98. The fourth-order valence-corrected chi connectivity index (χ4v) is 5.19. The van der Waals surface area contributed by atoms with Gasteiger partial charge in [0.05, 0.1) is 17.8 Å². The molecule has 0 spiro atoms. The molecule has 1 aliphatic rings. The number of nitrogens with zero attached hydrogens (tertiary/aromatic N) is 2. The Labute approximate surface area is 162 Å². The Balaban J connectivity index is 1.96. The molecule has 0 saturated carbocycles. The predicted molar refractivity (Wildman–Crippen MR) is 103 cm³/mol. The number of benzene rings is 2. The molecule has 0 radical (unpaired) electrons. The van der Waals surface area contributed by atoms with Crippen LogP contribution < -0.4 is 0 Å². The van der Waals surface area contributed by atoms with E-state index in [1.807, 2.05) is 30.3 Å². The summed E-state index contributed by atoms with van der Waals surface area (Å²) < 4.78 is 39.8. The largest absolute Gasteiger partial charge is 0.292 e. The van der Waals surface area contributed by atoms with Crippen molar-refractivity contribution >= 4 is 26.7 Å². The monoisotopic (exact) mass is 396 g/mol. The van der Waals surface area contributed by atoms with Gasteiger partial charge in [-0.15, -0.1) is 0 Å². The van der Waals surface area contributed by atoms with Crippen molar-refractivity contribution < 1.29 is 17.6 Å². The van der Waals surface area contributed by atoms with Gasteiger partial charge in [-0.1, -0.05) is 30.3 Å². The molecule has 2 aromatic carbocycles. The second kappa shape index (κ2) is 6.28. The fraction of sp³-hybridized carbons (Fsp3) is 0.238. The van der Waals surface area contributed by atoms with Crippen LogP contribution in [0.1, 0.15) is 28.0 Å². The number of fused-ring (bicyclic) bond motifs is 3. The van der Waals surface area contributed by atoms with E-state index in [4.69, 9.17) is 0 Å². The molecule has 7 heteroatoms. The van der Waals surface area contributed by atoms with Crippen molar-refractivity contribution in [3.05, 3.63) is 71.2 Å². The van der Waals surface area contributed by atoms with Crippen LogP contribution in [0.4, 0.5) is 4.39 Å².